The molecule has 0 amide bonds. The van der Waals surface area contributed by atoms with Crippen LogP contribution in [0.5, 0.6) is 0 Å². The van der Waals surface area contributed by atoms with Gasteiger partial charge in [-0.25, -0.2) is 8.42 Å². The number of benzene rings is 1. The maximum absolute atomic E-state index is 12.7. The lowest BCUT2D eigenvalue weighted by atomic mass is 10.1. The Hall–Kier alpha value is -1.66. The summed E-state index contributed by atoms with van der Waals surface area (Å²) in [5.41, 5.74) is 3.97. The fourth-order valence-corrected chi connectivity index (χ4v) is 3.79. The highest BCUT2D eigenvalue weighted by molar-refractivity contribution is 7.89. The van der Waals surface area contributed by atoms with Gasteiger partial charge in [0.05, 0.1) is 10.6 Å². The third-order valence-electron chi connectivity index (χ3n) is 4.21. The van der Waals surface area contributed by atoms with Crippen LogP contribution in [0.1, 0.15) is 35.9 Å². The first-order valence-electron chi connectivity index (χ1n) is 7.81. The number of aryl methyl sites for hydroxylation is 3. The number of aromatic nitrogens is 2. The second-order valence-electron chi connectivity index (χ2n) is 5.93. The van der Waals surface area contributed by atoms with Gasteiger partial charge in [0.1, 0.15) is 0 Å². The first kappa shape index (κ1) is 17.7. The number of sulfonamides is 1. The summed E-state index contributed by atoms with van der Waals surface area (Å²) in [6.45, 7) is 6.29. The zero-order chi connectivity index (χ0) is 17.2. The number of hydrogen-bond acceptors (Lipinski definition) is 3. The Kier molecular flexibility index (Phi) is 5.26. The van der Waals surface area contributed by atoms with Crippen LogP contribution in [0.25, 0.3) is 0 Å². The zero-order valence-electron chi connectivity index (χ0n) is 14.5. The quantitative estimate of drug-likeness (QED) is 0.816. The largest absolute Gasteiger partial charge is 0.272 e. The van der Waals surface area contributed by atoms with Crippen molar-refractivity contribution < 1.29 is 8.42 Å². The molecule has 0 atom stereocenters. The molecule has 0 radical (unpaired) electrons. The van der Waals surface area contributed by atoms with Crippen molar-refractivity contribution in [3.63, 3.8) is 0 Å². The SMILES string of the molecule is CCCc1ccc(S(=O)(=O)N(C)Cc2c(C)nn(C)c2C)cc1. The van der Waals surface area contributed by atoms with Crippen LogP contribution >= 0.6 is 0 Å². The summed E-state index contributed by atoms with van der Waals surface area (Å²) in [6, 6.07) is 7.18. The summed E-state index contributed by atoms with van der Waals surface area (Å²) >= 11 is 0. The van der Waals surface area contributed by atoms with E-state index in [0.717, 1.165) is 35.4 Å². The van der Waals surface area contributed by atoms with E-state index in [1.165, 1.54) is 4.31 Å². The highest BCUT2D eigenvalue weighted by Gasteiger charge is 2.23. The molecule has 5 nitrogen and oxygen atoms in total. The summed E-state index contributed by atoms with van der Waals surface area (Å²) in [5, 5.41) is 4.35. The molecule has 0 bridgehead atoms. The summed E-state index contributed by atoms with van der Waals surface area (Å²) < 4.78 is 28.6. The van der Waals surface area contributed by atoms with Crippen molar-refractivity contribution >= 4 is 10.0 Å². The molecule has 23 heavy (non-hydrogen) atoms. The summed E-state index contributed by atoms with van der Waals surface area (Å²) in [7, 11) is -0.0167. The molecule has 6 heteroatoms. The van der Waals surface area contributed by atoms with Crippen LogP contribution in [0.2, 0.25) is 0 Å². The van der Waals surface area contributed by atoms with Gasteiger partial charge < -0.3 is 0 Å². The van der Waals surface area contributed by atoms with Gasteiger partial charge in [-0.1, -0.05) is 25.5 Å². The average Bonchev–Trinajstić information content (AvgIpc) is 2.74. The van der Waals surface area contributed by atoms with Crippen molar-refractivity contribution in [2.24, 2.45) is 7.05 Å². The van der Waals surface area contributed by atoms with Gasteiger partial charge in [-0.3, -0.25) is 4.68 Å². The van der Waals surface area contributed by atoms with Crippen molar-refractivity contribution in [3.8, 4) is 0 Å². The standard InChI is InChI=1S/C17H25N3O2S/c1-6-7-15-8-10-16(11-9-15)23(21,22)19(4)12-17-13(2)18-20(5)14(17)3/h8-11H,6-7,12H2,1-5H3. The van der Waals surface area contributed by atoms with E-state index in [1.54, 1.807) is 23.9 Å². The van der Waals surface area contributed by atoms with Crippen LogP contribution in [0.4, 0.5) is 0 Å². The molecular weight excluding hydrogens is 310 g/mol. The van der Waals surface area contributed by atoms with Gasteiger partial charge in [0, 0.05) is 31.9 Å². The van der Waals surface area contributed by atoms with Gasteiger partial charge >= 0.3 is 0 Å². The number of nitrogens with zero attached hydrogens (tertiary/aromatic N) is 3. The third-order valence-corrected chi connectivity index (χ3v) is 6.03. The van der Waals surface area contributed by atoms with Crippen LogP contribution < -0.4 is 0 Å². The van der Waals surface area contributed by atoms with Gasteiger partial charge in [-0.2, -0.15) is 9.40 Å². The van der Waals surface area contributed by atoms with Crippen molar-refractivity contribution in [1.82, 2.24) is 14.1 Å². The Balaban J connectivity index is 2.24. The van der Waals surface area contributed by atoms with E-state index in [-0.39, 0.29) is 0 Å². The van der Waals surface area contributed by atoms with E-state index in [9.17, 15) is 8.42 Å². The Morgan fingerprint density at radius 2 is 1.78 bits per heavy atom. The van der Waals surface area contributed by atoms with Gasteiger partial charge in [0.2, 0.25) is 10.0 Å². The first-order valence-corrected chi connectivity index (χ1v) is 9.25. The Morgan fingerprint density at radius 1 is 1.17 bits per heavy atom. The van der Waals surface area contributed by atoms with E-state index >= 15 is 0 Å². The lowest BCUT2D eigenvalue weighted by Gasteiger charge is -2.18. The molecule has 0 aliphatic carbocycles. The minimum atomic E-state index is -3.50. The minimum Gasteiger partial charge on any atom is -0.272 e. The molecule has 0 N–H and O–H groups in total. The maximum atomic E-state index is 12.7. The van der Waals surface area contributed by atoms with E-state index in [2.05, 4.69) is 12.0 Å². The molecule has 0 fully saturated rings. The lowest BCUT2D eigenvalue weighted by molar-refractivity contribution is 0.465. The highest BCUT2D eigenvalue weighted by Crippen LogP contribution is 2.20. The van der Waals surface area contributed by atoms with Crippen molar-refractivity contribution in [1.29, 1.82) is 0 Å². The molecule has 126 valence electrons. The second-order valence-corrected chi connectivity index (χ2v) is 7.97. The summed E-state index contributed by atoms with van der Waals surface area (Å²) in [5.74, 6) is 0. The van der Waals surface area contributed by atoms with E-state index in [4.69, 9.17) is 0 Å². The van der Waals surface area contributed by atoms with Gasteiger partial charge in [0.25, 0.3) is 0 Å². The van der Waals surface area contributed by atoms with Crippen molar-refractivity contribution in [2.75, 3.05) is 7.05 Å². The summed E-state index contributed by atoms with van der Waals surface area (Å²) in [6.07, 6.45) is 2.01. The molecule has 0 saturated carbocycles. The fraction of sp³-hybridized carbons (Fsp3) is 0.471. The van der Waals surface area contributed by atoms with Crippen LogP contribution in [0.15, 0.2) is 29.2 Å². The monoisotopic (exact) mass is 335 g/mol. The minimum absolute atomic E-state index is 0.324. The van der Waals surface area contributed by atoms with Crippen LogP contribution in [-0.4, -0.2) is 29.6 Å². The molecular formula is C17H25N3O2S. The zero-order valence-corrected chi connectivity index (χ0v) is 15.3. The molecule has 1 heterocycles. The maximum Gasteiger partial charge on any atom is 0.243 e. The van der Waals surface area contributed by atoms with Crippen molar-refractivity contribution in [3.05, 3.63) is 46.8 Å². The molecule has 0 aliphatic rings. The lowest BCUT2D eigenvalue weighted by Crippen LogP contribution is -2.27. The predicted molar refractivity (Wildman–Crippen MR) is 91.8 cm³/mol. The third kappa shape index (κ3) is 3.64. The van der Waals surface area contributed by atoms with Gasteiger partial charge in [0.15, 0.2) is 0 Å². The summed E-state index contributed by atoms with van der Waals surface area (Å²) in [4.78, 5) is 0.332. The molecule has 1 aromatic carbocycles. The predicted octanol–water partition coefficient (Wildman–Crippen LogP) is 2.81. The fourth-order valence-electron chi connectivity index (χ4n) is 2.65. The molecule has 0 unspecified atom stereocenters. The van der Waals surface area contributed by atoms with Crippen LogP contribution in [0.3, 0.4) is 0 Å². The molecule has 0 spiro atoms. The highest BCUT2D eigenvalue weighted by atomic mass is 32.2. The van der Waals surface area contributed by atoms with E-state index in [0.29, 0.717) is 11.4 Å². The molecule has 2 rings (SSSR count). The average molecular weight is 335 g/mol. The normalized spacial score (nSPS) is 12.1. The van der Waals surface area contributed by atoms with Crippen LogP contribution in [0, 0.1) is 13.8 Å². The van der Waals surface area contributed by atoms with Crippen LogP contribution in [-0.2, 0) is 30.0 Å². The van der Waals surface area contributed by atoms with Gasteiger partial charge in [-0.15, -0.1) is 0 Å². The van der Waals surface area contributed by atoms with E-state index in [1.807, 2.05) is 33.0 Å². The number of rotatable bonds is 6. The Bertz CT molecular complexity index is 777. The first-order chi connectivity index (χ1) is 10.8. The van der Waals surface area contributed by atoms with Gasteiger partial charge in [-0.05, 0) is 38.0 Å². The molecule has 1 aromatic heterocycles. The Labute approximate surface area is 139 Å². The van der Waals surface area contributed by atoms with Crippen molar-refractivity contribution in [2.45, 2.75) is 45.1 Å². The number of hydrogen-bond donors (Lipinski definition) is 0. The Morgan fingerprint density at radius 3 is 2.26 bits per heavy atom. The van der Waals surface area contributed by atoms with E-state index < -0.39 is 10.0 Å². The topological polar surface area (TPSA) is 55.2 Å². The smallest absolute Gasteiger partial charge is 0.243 e. The molecule has 2 aromatic rings. The molecule has 0 aliphatic heterocycles. The second kappa shape index (κ2) is 6.84. The molecule has 0 saturated heterocycles.